The van der Waals surface area contributed by atoms with Crippen LogP contribution in [0, 0.1) is 0 Å². The Labute approximate surface area is 136 Å². The molecule has 1 heterocycles. The maximum Gasteiger partial charge on any atom is 0.407 e. The van der Waals surface area contributed by atoms with Crippen LogP contribution < -0.4 is 5.32 Å². The number of carbonyl (C=O) groups excluding carboxylic acids is 1. The summed E-state index contributed by atoms with van der Waals surface area (Å²) >= 11 is 0. The largest absolute Gasteiger partial charge is 0.444 e. The van der Waals surface area contributed by atoms with E-state index in [0.29, 0.717) is 6.54 Å². The van der Waals surface area contributed by atoms with Gasteiger partial charge in [0, 0.05) is 18.2 Å². The number of aromatic nitrogens is 1. The lowest BCUT2D eigenvalue weighted by atomic mass is 10.1. The van der Waals surface area contributed by atoms with Crippen molar-refractivity contribution in [1.82, 2.24) is 10.5 Å². The topological polar surface area (TPSA) is 64.4 Å². The van der Waals surface area contributed by atoms with Crippen LogP contribution in [0.5, 0.6) is 0 Å². The lowest BCUT2D eigenvalue weighted by Gasteiger charge is -2.19. The highest BCUT2D eigenvalue weighted by molar-refractivity contribution is 5.67. The molecule has 0 unspecified atom stereocenters. The molecule has 0 atom stereocenters. The van der Waals surface area contributed by atoms with Crippen LogP contribution in [0.2, 0.25) is 0 Å². The quantitative estimate of drug-likeness (QED) is 0.837. The summed E-state index contributed by atoms with van der Waals surface area (Å²) in [4.78, 5) is 11.5. The number of alkyl carbamates (subject to hydrolysis) is 1. The van der Waals surface area contributed by atoms with Gasteiger partial charge in [0.05, 0.1) is 6.20 Å². The highest BCUT2D eigenvalue weighted by atomic mass is 16.6. The van der Waals surface area contributed by atoms with Crippen LogP contribution in [0.4, 0.5) is 4.79 Å². The Morgan fingerprint density at radius 3 is 2.61 bits per heavy atom. The SMILES string of the molecule is CC(C)(C)OC(=O)NCCC=Cc1ccc(-c2ccno2)cc1. The molecule has 5 nitrogen and oxygen atoms in total. The first kappa shape index (κ1) is 16.8. The first-order valence-corrected chi connectivity index (χ1v) is 7.58. The average molecular weight is 314 g/mol. The Morgan fingerprint density at radius 2 is 2.00 bits per heavy atom. The number of hydrogen-bond donors (Lipinski definition) is 1. The summed E-state index contributed by atoms with van der Waals surface area (Å²) in [6.07, 6.45) is 6.01. The second kappa shape index (κ2) is 7.63. The maximum absolute atomic E-state index is 11.5. The van der Waals surface area contributed by atoms with Gasteiger partial charge in [-0.05, 0) is 32.8 Å². The van der Waals surface area contributed by atoms with Crippen molar-refractivity contribution >= 4 is 12.2 Å². The number of rotatable bonds is 5. The Bertz CT molecular complexity index is 638. The molecule has 0 aliphatic rings. The predicted molar refractivity (Wildman–Crippen MR) is 89.8 cm³/mol. The molecule has 0 bridgehead atoms. The standard InChI is InChI=1S/C18H22N2O3/c1-18(2,3)22-17(21)19-12-5-4-6-14-7-9-15(10-8-14)16-11-13-20-23-16/h4,6-11,13H,5,12H2,1-3H3,(H,19,21). The molecule has 1 aromatic carbocycles. The van der Waals surface area contributed by atoms with E-state index >= 15 is 0 Å². The van der Waals surface area contributed by atoms with Gasteiger partial charge in [-0.1, -0.05) is 41.6 Å². The van der Waals surface area contributed by atoms with E-state index in [4.69, 9.17) is 9.26 Å². The van der Waals surface area contributed by atoms with Crippen molar-refractivity contribution in [2.75, 3.05) is 6.54 Å². The molecule has 0 aliphatic heterocycles. The number of nitrogens with zero attached hydrogens (tertiary/aromatic N) is 1. The Kier molecular flexibility index (Phi) is 5.57. The molecule has 1 aromatic heterocycles. The zero-order chi connectivity index (χ0) is 16.7. The van der Waals surface area contributed by atoms with Gasteiger partial charge in [0.2, 0.25) is 0 Å². The lowest BCUT2D eigenvalue weighted by molar-refractivity contribution is 0.0529. The summed E-state index contributed by atoms with van der Waals surface area (Å²) in [6.45, 7) is 6.07. The number of ether oxygens (including phenoxy) is 1. The second-order valence-corrected chi connectivity index (χ2v) is 6.12. The van der Waals surface area contributed by atoms with E-state index in [9.17, 15) is 4.79 Å². The third-order valence-corrected chi connectivity index (χ3v) is 2.92. The monoisotopic (exact) mass is 314 g/mol. The van der Waals surface area contributed by atoms with Gasteiger partial charge in [0.25, 0.3) is 0 Å². The summed E-state index contributed by atoms with van der Waals surface area (Å²) in [5, 5.41) is 6.42. The van der Waals surface area contributed by atoms with E-state index in [1.54, 1.807) is 6.20 Å². The molecule has 2 rings (SSSR count). The fourth-order valence-electron chi connectivity index (χ4n) is 1.91. The molecule has 1 amide bonds. The number of amides is 1. The molecule has 1 N–H and O–H groups in total. The van der Waals surface area contributed by atoms with Crippen molar-refractivity contribution in [3.05, 3.63) is 48.2 Å². The summed E-state index contributed by atoms with van der Waals surface area (Å²) in [7, 11) is 0. The number of benzene rings is 1. The normalized spacial score (nSPS) is 11.6. The zero-order valence-corrected chi connectivity index (χ0v) is 13.7. The molecule has 0 aliphatic carbocycles. The fourth-order valence-corrected chi connectivity index (χ4v) is 1.91. The molecule has 0 spiro atoms. The van der Waals surface area contributed by atoms with Gasteiger partial charge < -0.3 is 14.6 Å². The summed E-state index contributed by atoms with van der Waals surface area (Å²) in [5.74, 6) is 0.752. The van der Waals surface area contributed by atoms with Crippen molar-refractivity contribution < 1.29 is 14.1 Å². The third-order valence-electron chi connectivity index (χ3n) is 2.92. The van der Waals surface area contributed by atoms with Gasteiger partial charge in [-0.2, -0.15) is 0 Å². The van der Waals surface area contributed by atoms with Gasteiger partial charge in [-0.15, -0.1) is 0 Å². The van der Waals surface area contributed by atoms with Crippen LogP contribution in [-0.4, -0.2) is 23.4 Å². The fraction of sp³-hybridized carbons (Fsp3) is 0.333. The molecular formula is C18H22N2O3. The zero-order valence-electron chi connectivity index (χ0n) is 13.7. The van der Waals surface area contributed by atoms with E-state index in [2.05, 4.69) is 10.5 Å². The molecule has 2 aromatic rings. The summed E-state index contributed by atoms with van der Waals surface area (Å²) < 4.78 is 10.3. The van der Waals surface area contributed by atoms with E-state index in [0.717, 1.165) is 23.3 Å². The minimum Gasteiger partial charge on any atom is -0.444 e. The van der Waals surface area contributed by atoms with E-state index in [1.807, 2.05) is 63.3 Å². The minimum atomic E-state index is -0.467. The average Bonchev–Trinajstić information content (AvgIpc) is 3.00. The molecular weight excluding hydrogens is 292 g/mol. The van der Waals surface area contributed by atoms with Crippen molar-refractivity contribution in [3.63, 3.8) is 0 Å². The third kappa shape index (κ3) is 5.98. The molecule has 0 radical (unpaired) electrons. The predicted octanol–water partition coefficient (Wildman–Crippen LogP) is 4.27. The second-order valence-electron chi connectivity index (χ2n) is 6.12. The van der Waals surface area contributed by atoms with Crippen LogP contribution in [0.25, 0.3) is 17.4 Å². The summed E-state index contributed by atoms with van der Waals surface area (Å²) in [6, 6.07) is 9.82. The lowest BCUT2D eigenvalue weighted by Crippen LogP contribution is -2.32. The Balaban J connectivity index is 1.75. The van der Waals surface area contributed by atoms with Crippen LogP contribution in [-0.2, 0) is 4.74 Å². The van der Waals surface area contributed by atoms with Crippen molar-refractivity contribution in [2.24, 2.45) is 0 Å². The van der Waals surface area contributed by atoms with Gasteiger partial charge in [-0.25, -0.2) is 4.79 Å². The van der Waals surface area contributed by atoms with Crippen LogP contribution >= 0.6 is 0 Å². The molecule has 5 heteroatoms. The van der Waals surface area contributed by atoms with Gasteiger partial charge in [0.15, 0.2) is 5.76 Å². The van der Waals surface area contributed by atoms with Crippen LogP contribution in [0.15, 0.2) is 47.1 Å². The molecule has 23 heavy (non-hydrogen) atoms. The minimum absolute atomic E-state index is 0.387. The highest BCUT2D eigenvalue weighted by Crippen LogP contribution is 2.19. The number of carbonyl (C=O) groups is 1. The molecule has 122 valence electrons. The first-order valence-electron chi connectivity index (χ1n) is 7.58. The highest BCUT2D eigenvalue weighted by Gasteiger charge is 2.15. The Morgan fingerprint density at radius 1 is 1.26 bits per heavy atom. The van der Waals surface area contributed by atoms with Gasteiger partial charge in [0.1, 0.15) is 5.60 Å². The van der Waals surface area contributed by atoms with Crippen LogP contribution in [0.3, 0.4) is 0 Å². The van der Waals surface area contributed by atoms with Crippen molar-refractivity contribution in [3.8, 4) is 11.3 Å². The van der Waals surface area contributed by atoms with E-state index in [-0.39, 0.29) is 6.09 Å². The Hall–Kier alpha value is -2.56. The van der Waals surface area contributed by atoms with Gasteiger partial charge >= 0.3 is 6.09 Å². The maximum atomic E-state index is 11.5. The van der Waals surface area contributed by atoms with Gasteiger partial charge in [-0.3, -0.25) is 0 Å². The first-order chi connectivity index (χ1) is 10.9. The molecule has 0 fully saturated rings. The van der Waals surface area contributed by atoms with E-state index < -0.39 is 5.60 Å². The molecule has 0 saturated carbocycles. The van der Waals surface area contributed by atoms with Crippen LogP contribution in [0.1, 0.15) is 32.8 Å². The molecule has 0 saturated heterocycles. The van der Waals surface area contributed by atoms with Crippen molar-refractivity contribution in [2.45, 2.75) is 32.8 Å². The smallest absolute Gasteiger partial charge is 0.407 e. The number of nitrogens with one attached hydrogen (secondary N) is 1. The number of hydrogen-bond acceptors (Lipinski definition) is 4. The summed E-state index contributed by atoms with van der Waals surface area (Å²) in [5.41, 5.74) is 1.61. The van der Waals surface area contributed by atoms with E-state index in [1.165, 1.54) is 0 Å². The van der Waals surface area contributed by atoms with Crippen molar-refractivity contribution in [1.29, 1.82) is 0 Å².